The number of hydrogen-bond donors (Lipinski definition) is 2. The third kappa shape index (κ3) is 3.73. The van der Waals surface area contributed by atoms with Crippen molar-refractivity contribution >= 4 is 15.7 Å². The average molecular weight is 296 g/mol. The molecular weight excluding hydrogens is 272 g/mol. The molecule has 2 atom stereocenters. The lowest BCUT2D eigenvalue weighted by atomic mass is 9.84. The molecule has 0 aliphatic heterocycles. The lowest BCUT2D eigenvalue weighted by molar-refractivity contribution is 0.327. The number of benzene rings is 1. The maximum absolute atomic E-state index is 11.7. The van der Waals surface area contributed by atoms with Gasteiger partial charge >= 0.3 is 0 Å². The van der Waals surface area contributed by atoms with E-state index >= 15 is 0 Å². The SMILES string of the molecule is CCC1CCCC(Nc2ccc(S(=O)(=O)NC)cc2)C1. The first-order valence-corrected chi connectivity index (χ1v) is 8.83. The Morgan fingerprint density at radius 3 is 2.50 bits per heavy atom. The second kappa shape index (κ2) is 6.59. The first-order chi connectivity index (χ1) is 9.55. The topological polar surface area (TPSA) is 58.2 Å². The molecule has 1 aliphatic rings. The van der Waals surface area contributed by atoms with E-state index in [9.17, 15) is 8.42 Å². The van der Waals surface area contributed by atoms with Crippen LogP contribution in [0.3, 0.4) is 0 Å². The molecule has 2 unspecified atom stereocenters. The predicted molar refractivity (Wildman–Crippen MR) is 82.3 cm³/mol. The standard InChI is InChI=1S/C15H24N2O2S/c1-3-12-5-4-6-14(11-12)17-13-7-9-15(10-8-13)20(18,19)16-2/h7-10,12,14,16-17H,3-6,11H2,1-2H3. The van der Waals surface area contributed by atoms with Crippen LogP contribution in [0.1, 0.15) is 39.0 Å². The van der Waals surface area contributed by atoms with E-state index in [4.69, 9.17) is 0 Å². The van der Waals surface area contributed by atoms with Crippen molar-refractivity contribution < 1.29 is 8.42 Å². The van der Waals surface area contributed by atoms with Gasteiger partial charge in [-0.2, -0.15) is 0 Å². The van der Waals surface area contributed by atoms with Gasteiger partial charge in [0, 0.05) is 11.7 Å². The molecule has 1 aliphatic carbocycles. The normalized spacial score (nSPS) is 23.5. The van der Waals surface area contributed by atoms with Gasteiger partial charge in [0.15, 0.2) is 0 Å². The van der Waals surface area contributed by atoms with Gasteiger partial charge in [-0.25, -0.2) is 13.1 Å². The summed E-state index contributed by atoms with van der Waals surface area (Å²) in [5.41, 5.74) is 1.00. The minimum absolute atomic E-state index is 0.306. The Labute approximate surface area is 122 Å². The van der Waals surface area contributed by atoms with Gasteiger partial charge < -0.3 is 5.32 Å². The minimum atomic E-state index is -3.34. The van der Waals surface area contributed by atoms with Crippen molar-refractivity contribution in [2.75, 3.05) is 12.4 Å². The zero-order valence-corrected chi connectivity index (χ0v) is 13.0. The Morgan fingerprint density at radius 1 is 1.20 bits per heavy atom. The summed E-state index contributed by atoms with van der Waals surface area (Å²) in [5.74, 6) is 0.824. The van der Waals surface area contributed by atoms with Crippen LogP contribution >= 0.6 is 0 Å². The number of sulfonamides is 1. The number of nitrogens with one attached hydrogen (secondary N) is 2. The maximum Gasteiger partial charge on any atom is 0.240 e. The molecule has 1 aromatic carbocycles. The highest BCUT2D eigenvalue weighted by molar-refractivity contribution is 7.89. The van der Waals surface area contributed by atoms with E-state index in [0.717, 1.165) is 11.6 Å². The van der Waals surface area contributed by atoms with E-state index in [2.05, 4.69) is 17.0 Å². The molecule has 5 heteroatoms. The smallest absolute Gasteiger partial charge is 0.240 e. The van der Waals surface area contributed by atoms with Crippen LogP contribution in [0.4, 0.5) is 5.69 Å². The summed E-state index contributed by atoms with van der Waals surface area (Å²) in [4.78, 5) is 0.306. The highest BCUT2D eigenvalue weighted by Gasteiger charge is 2.20. The highest BCUT2D eigenvalue weighted by atomic mass is 32.2. The van der Waals surface area contributed by atoms with E-state index < -0.39 is 10.0 Å². The highest BCUT2D eigenvalue weighted by Crippen LogP contribution is 2.28. The van der Waals surface area contributed by atoms with Crippen LogP contribution in [-0.4, -0.2) is 21.5 Å². The molecule has 0 radical (unpaired) electrons. The van der Waals surface area contributed by atoms with Crippen molar-refractivity contribution in [3.63, 3.8) is 0 Å². The van der Waals surface area contributed by atoms with E-state index in [-0.39, 0.29) is 0 Å². The zero-order valence-electron chi connectivity index (χ0n) is 12.2. The van der Waals surface area contributed by atoms with E-state index in [1.807, 2.05) is 12.1 Å². The van der Waals surface area contributed by atoms with Crippen LogP contribution in [0.15, 0.2) is 29.2 Å². The van der Waals surface area contributed by atoms with Gasteiger partial charge in [0.25, 0.3) is 0 Å². The fourth-order valence-corrected chi connectivity index (χ4v) is 3.61. The zero-order chi connectivity index (χ0) is 14.6. The summed E-state index contributed by atoms with van der Waals surface area (Å²) in [5, 5.41) is 3.53. The van der Waals surface area contributed by atoms with Crippen molar-refractivity contribution in [2.45, 2.75) is 50.0 Å². The van der Waals surface area contributed by atoms with Crippen molar-refractivity contribution in [3.05, 3.63) is 24.3 Å². The third-order valence-corrected chi connectivity index (χ3v) is 5.59. The molecule has 2 rings (SSSR count). The fraction of sp³-hybridized carbons (Fsp3) is 0.600. The molecule has 2 N–H and O–H groups in total. The quantitative estimate of drug-likeness (QED) is 0.878. The van der Waals surface area contributed by atoms with E-state index in [1.54, 1.807) is 12.1 Å². The molecule has 0 bridgehead atoms. The monoisotopic (exact) mass is 296 g/mol. The van der Waals surface area contributed by atoms with Crippen LogP contribution in [0.2, 0.25) is 0 Å². The summed E-state index contributed by atoms with van der Waals surface area (Å²) >= 11 is 0. The molecule has 20 heavy (non-hydrogen) atoms. The van der Waals surface area contributed by atoms with Gasteiger partial charge in [0.1, 0.15) is 0 Å². The molecule has 0 amide bonds. The van der Waals surface area contributed by atoms with Gasteiger partial charge in [-0.15, -0.1) is 0 Å². The van der Waals surface area contributed by atoms with Gasteiger partial charge in [-0.1, -0.05) is 26.2 Å². The fourth-order valence-electron chi connectivity index (χ4n) is 2.88. The van der Waals surface area contributed by atoms with Crippen molar-refractivity contribution in [3.8, 4) is 0 Å². The van der Waals surface area contributed by atoms with Crippen molar-refractivity contribution in [2.24, 2.45) is 5.92 Å². The van der Waals surface area contributed by atoms with Gasteiger partial charge in [-0.3, -0.25) is 0 Å². The number of rotatable bonds is 5. The van der Waals surface area contributed by atoms with Gasteiger partial charge in [0.2, 0.25) is 10.0 Å². The van der Waals surface area contributed by atoms with Crippen LogP contribution in [-0.2, 0) is 10.0 Å². The summed E-state index contributed by atoms with van der Waals surface area (Å²) in [6, 6.07) is 7.50. The second-order valence-corrected chi connectivity index (χ2v) is 7.40. The van der Waals surface area contributed by atoms with Crippen molar-refractivity contribution in [1.29, 1.82) is 0 Å². The Morgan fingerprint density at radius 2 is 1.90 bits per heavy atom. The average Bonchev–Trinajstić information content (AvgIpc) is 2.48. The van der Waals surface area contributed by atoms with Crippen LogP contribution in [0.25, 0.3) is 0 Å². The second-order valence-electron chi connectivity index (χ2n) is 5.51. The van der Waals surface area contributed by atoms with Gasteiger partial charge in [0.05, 0.1) is 4.90 Å². The van der Waals surface area contributed by atoms with Crippen LogP contribution < -0.4 is 10.0 Å². The first-order valence-electron chi connectivity index (χ1n) is 7.35. The molecule has 0 heterocycles. The van der Waals surface area contributed by atoms with Crippen LogP contribution in [0.5, 0.6) is 0 Å². The molecular formula is C15H24N2O2S. The Balaban J connectivity index is 2.00. The largest absolute Gasteiger partial charge is 0.382 e. The molecule has 112 valence electrons. The summed E-state index contributed by atoms with van der Waals surface area (Å²) in [6.45, 7) is 2.25. The van der Waals surface area contributed by atoms with Crippen molar-refractivity contribution in [1.82, 2.24) is 4.72 Å². The maximum atomic E-state index is 11.7. The third-order valence-electron chi connectivity index (χ3n) is 4.16. The van der Waals surface area contributed by atoms with Gasteiger partial charge in [-0.05, 0) is 50.1 Å². The molecule has 1 aromatic rings. The number of hydrogen-bond acceptors (Lipinski definition) is 3. The summed E-state index contributed by atoms with van der Waals surface area (Å²) in [6.07, 6.45) is 6.29. The Hall–Kier alpha value is -1.07. The molecule has 0 spiro atoms. The minimum Gasteiger partial charge on any atom is -0.382 e. The lowest BCUT2D eigenvalue weighted by Crippen LogP contribution is -2.27. The molecule has 1 fully saturated rings. The van der Waals surface area contributed by atoms with E-state index in [1.165, 1.54) is 39.2 Å². The van der Waals surface area contributed by atoms with Crippen LogP contribution in [0, 0.1) is 5.92 Å². The molecule has 1 saturated carbocycles. The first kappa shape index (κ1) is 15.3. The molecule has 0 saturated heterocycles. The Bertz CT molecular complexity index is 525. The molecule has 0 aromatic heterocycles. The lowest BCUT2D eigenvalue weighted by Gasteiger charge is -2.29. The summed E-state index contributed by atoms with van der Waals surface area (Å²) in [7, 11) is -1.91. The molecule has 4 nitrogen and oxygen atoms in total. The predicted octanol–water partition coefficient (Wildman–Crippen LogP) is 2.98. The summed E-state index contributed by atoms with van der Waals surface area (Å²) < 4.78 is 25.6. The Kier molecular flexibility index (Phi) is 5.05. The van der Waals surface area contributed by atoms with E-state index in [0.29, 0.717) is 10.9 Å². The number of anilines is 1.